The van der Waals surface area contributed by atoms with Gasteiger partial charge in [0.25, 0.3) is 0 Å². The Morgan fingerprint density at radius 2 is 2.38 bits per heavy atom. The van der Waals surface area contributed by atoms with Crippen molar-refractivity contribution in [2.75, 3.05) is 0 Å². The van der Waals surface area contributed by atoms with Crippen LogP contribution >= 0.6 is 11.8 Å². The van der Waals surface area contributed by atoms with E-state index in [9.17, 15) is 9.90 Å². The molecule has 2 nitrogen and oxygen atoms in total. The highest BCUT2D eigenvalue weighted by Crippen LogP contribution is 2.58. The first-order valence-electron chi connectivity index (χ1n) is 5.57. The lowest BCUT2D eigenvalue weighted by Gasteiger charge is -2.11. The molecule has 1 N–H and O–H groups in total. The van der Waals surface area contributed by atoms with Crippen molar-refractivity contribution in [2.24, 2.45) is 5.92 Å². The fraction of sp³-hybridized carbons (Fsp3) is 0.462. The molecule has 2 rings (SSSR count). The number of aliphatic carboxylic acids is 1. The van der Waals surface area contributed by atoms with Crippen LogP contribution in [0.25, 0.3) is 0 Å². The topological polar surface area (TPSA) is 37.3 Å². The summed E-state index contributed by atoms with van der Waals surface area (Å²) in [5, 5.41) is 9.32. The Morgan fingerprint density at radius 1 is 1.62 bits per heavy atom. The van der Waals surface area contributed by atoms with Gasteiger partial charge in [-0.15, -0.1) is 11.8 Å². The van der Waals surface area contributed by atoms with E-state index in [-0.39, 0.29) is 0 Å². The Bertz CT molecular complexity index is 416. The fourth-order valence-electron chi connectivity index (χ4n) is 2.10. The van der Waals surface area contributed by atoms with E-state index in [1.54, 1.807) is 0 Å². The van der Waals surface area contributed by atoms with E-state index in [0.29, 0.717) is 5.92 Å². The van der Waals surface area contributed by atoms with Gasteiger partial charge in [-0.1, -0.05) is 31.0 Å². The van der Waals surface area contributed by atoms with Crippen LogP contribution in [0.3, 0.4) is 0 Å². The molecular weight excluding hydrogens is 220 g/mol. The standard InChI is InChI=1S/C13H16O2S/c1-3-10-8-13(10,12(14)15)16-11-6-4-5-9(2)7-11/h4-7,10H,3,8H2,1-2H3,(H,14,15). The van der Waals surface area contributed by atoms with Gasteiger partial charge >= 0.3 is 5.97 Å². The molecule has 1 aliphatic rings. The maximum absolute atomic E-state index is 11.3. The van der Waals surface area contributed by atoms with Crippen LogP contribution in [0.1, 0.15) is 25.3 Å². The second-order valence-corrected chi connectivity index (χ2v) is 5.83. The Morgan fingerprint density at radius 3 is 2.88 bits per heavy atom. The normalized spacial score (nSPS) is 27.8. The zero-order chi connectivity index (χ0) is 11.8. The SMILES string of the molecule is CCC1CC1(Sc1cccc(C)c1)C(=O)O. The van der Waals surface area contributed by atoms with Gasteiger partial charge < -0.3 is 5.11 Å². The highest BCUT2D eigenvalue weighted by atomic mass is 32.2. The Hall–Kier alpha value is -0.960. The highest BCUT2D eigenvalue weighted by molar-refractivity contribution is 8.01. The van der Waals surface area contributed by atoms with Gasteiger partial charge in [0.2, 0.25) is 0 Å². The highest BCUT2D eigenvalue weighted by Gasteiger charge is 2.60. The number of rotatable bonds is 4. The second kappa shape index (κ2) is 4.13. The van der Waals surface area contributed by atoms with E-state index < -0.39 is 10.7 Å². The van der Waals surface area contributed by atoms with Crippen molar-refractivity contribution in [3.63, 3.8) is 0 Å². The number of carboxylic acid groups (broad SMARTS) is 1. The van der Waals surface area contributed by atoms with Crippen molar-refractivity contribution in [3.8, 4) is 0 Å². The molecule has 1 aromatic rings. The van der Waals surface area contributed by atoms with Crippen LogP contribution in [0.2, 0.25) is 0 Å². The number of hydrogen-bond acceptors (Lipinski definition) is 2. The van der Waals surface area contributed by atoms with Crippen molar-refractivity contribution >= 4 is 17.7 Å². The summed E-state index contributed by atoms with van der Waals surface area (Å²) in [5.41, 5.74) is 1.18. The van der Waals surface area contributed by atoms with Crippen LogP contribution in [0.15, 0.2) is 29.2 Å². The maximum Gasteiger partial charge on any atom is 0.320 e. The summed E-state index contributed by atoms with van der Waals surface area (Å²) < 4.78 is -0.553. The Labute approximate surface area is 100 Å². The van der Waals surface area contributed by atoms with E-state index >= 15 is 0 Å². The molecule has 0 saturated heterocycles. The lowest BCUT2D eigenvalue weighted by atomic mass is 10.2. The average Bonchev–Trinajstić information content (AvgIpc) is 2.93. The third-order valence-electron chi connectivity index (χ3n) is 3.19. The summed E-state index contributed by atoms with van der Waals surface area (Å²) in [5.74, 6) is -0.332. The molecule has 1 saturated carbocycles. The third kappa shape index (κ3) is 1.96. The zero-order valence-electron chi connectivity index (χ0n) is 9.56. The van der Waals surface area contributed by atoms with Crippen LogP contribution in [0.4, 0.5) is 0 Å². The molecule has 2 atom stereocenters. The summed E-state index contributed by atoms with van der Waals surface area (Å²) in [6.07, 6.45) is 1.75. The molecule has 0 heterocycles. The van der Waals surface area contributed by atoms with E-state index in [0.717, 1.165) is 17.7 Å². The first-order chi connectivity index (χ1) is 7.58. The van der Waals surface area contributed by atoms with Gasteiger partial charge in [-0.2, -0.15) is 0 Å². The summed E-state index contributed by atoms with van der Waals surface area (Å²) in [6, 6.07) is 8.06. The van der Waals surface area contributed by atoms with Crippen LogP contribution in [-0.4, -0.2) is 15.8 Å². The molecule has 0 bridgehead atoms. The summed E-state index contributed by atoms with van der Waals surface area (Å²) in [7, 11) is 0. The van der Waals surface area contributed by atoms with Crippen LogP contribution < -0.4 is 0 Å². The second-order valence-electron chi connectivity index (χ2n) is 4.42. The van der Waals surface area contributed by atoms with Gasteiger partial charge in [-0.25, -0.2) is 0 Å². The third-order valence-corrected chi connectivity index (χ3v) is 4.72. The van der Waals surface area contributed by atoms with Gasteiger partial charge in [0, 0.05) is 4.90 Å². The fourth-order valence-corrected chi connectivity index (χ4v) is 3.62. The first kappa shape index (κ1) is 11.5. The Balaban J connectivity index is 2.17. The quantitative estimate of drug-likeness (QED) is 0.871. The molecule has 0 amide bonds. The van der Waals surface area contributed by atoms with Gasteiger partial charge in [0.1, 0.15) is 4.75 Å². The minimum absolute atomic E-state index is 0.329. The molecule has 1 aliphatic carbocycles. The van der Waals surface area contributed by atoms with E-state index in [1.165, 1.54) is 17.3 Å². The molecule has 0 aromatic heterocycles. The molecule has 2 unspecified atom stereocenters. The molecule has 16 heavy (non-hydrogen) atoms. The molecule has 0 spiro atoms. The van der Waals surface area contributed by atoms with Gasteiger partial charge in [-0.05, 0) is 31.4 Å². The van der Waals surface area contributed by atoms with Gasteiger partial charge in [0.15, 0.2) is 0 Å². The van der Waals surface area contributed by atoms with Crippen LogP contribution in [-0.2, 0) is 4.79 Å². The smallest absolute Gasteiger partial charge is 0.320 e. The van der Waals surface area contributed by atoms with Gasteiger partial charge in [-0.3, -0.25) is 4.79 Å². The number of aryl methyl sites for hydroxylation is 1. The lowest BCUT2D eigenvalue weighted by Crippen LogP contribution is -2.20. The molecule has 1 fully saturated rings. The zero-order valence-corrected chi connectivity index (χ0v) is 10.4. The number of carboxylic acids is 1. The van der Waals surface area contributed by atoms with Crippen molar-refractivity contribution in [1.29, 1.82) is 0 Å². The number of carbonyl (C=O) groups is 1. The van der Waals surface area contributed by atoms with E-state index in [4.69, 9.17) is 0 Å². The minimum atomic E-state index is -0.661. The van der Waals surface area contributed by atoms with Crippen molar-refractivity contribution in [3.05, 3.63) is 29.8 Å². The van der Waals surface area contributed by atoms with E-state index in [1.807, 2.05) is 25.1 Å². The van der Waals surface area contributed by atoms with Crippen molar-refractivity contribution < 1.29 is 9.90 Å². The molecule has 86 valence electrons. The van der Waals surface area contributed by atoms with Crippen molar-refractivity contribution in [1.82, 2.24) is 0 Å². The summed E-state index contributed by atoms with van der Waals surface area (Å²) in [6.45, 7) is 4.09. The molecule has 1 aromatic carbocycles. The average molecular weight is 236 g/mol. The van der Waals surface area contributed by atoms with Crippen LogP contribution in [0.5, 0.6) is 0 Å². The molecule has 3 heteroatoms. The lowest BCUT2D eigenvalue weighted by molar-refractivity contribution is -0.137. The Kier molecular flexibility index (Phi) is 2.98. The summed E-state index contributed by atoms with van der Waals surface area (Å²) >= 11 is 1.51. The monoisotopic (exact) mass is 236 g/mol. The van der Waals surface area contributed by atoms with Gasteiger partial charge in [0.05, 0.1) is 0 Å². The minimum Gasteiger partial charge on any atom is -0.480 e. The molecule has 0 aliphatic heterocycles. The van der Waals surface area contributed by atoms with Crippen molar-refractivity contribution in [2.45, 2.75) is 36.3 Å². The predicted octanol–water partition coefficient (Wildman–Crippen LogP) is 3.34. The number of benzene rings is 1. The predicted molar refractivity (Wildman–Crippen MR) is 65.8 cm³/mol. The van der Waals surface area contributed by atoms with E-state index in [2.05, 4.69) is 13.0 Å². The first-order valence-corrected chi connectivity index (χ1v) is 6.39. The van der Waals surface area contributed by atoms with Crippen LogP contribution in [0, 0.1) is 12.8 Å². The molecule has 0 radical (unpaired) electrons. The number of thioether (sulfide) groups is 1. The maximum atomic E-state index is 11.3. The summed E-state index contributed by atoms with van der Waals surface area (Å²) in [4.78, 5) is 12.4. The molecular formula is C13H16O2S. The number of hydrogen-bond donors (Lipinski definition) is 1. The largest absolute Gasteiger partial charge is 0.480 e.